The number of hydrogen-bond donors (Lipinski definition) is 4. The molecule has 0 radical (unpaired) electrons. The van der Waals surface area contributed by atoms with E-state index in [4.69, 9.17) is 10.5 Å². The molecule has 0 bridgehead atoms. The van der Waals surface area contributed by atoms with Crippen molar-refractivity contribution in [2.75, 3.05) is 0 Å². The van der Waals surface area contributed by atoms with E-state index in [9.17, 15) is 34.5 Å². The van der Waals surface area contributed by atoms with Gasteiger partial charge < -0.3 is 25.8 Å². The van der Waals surface area contributed by atoms with Crippen LogP contribution in [-0.4, -0.2) is 44.9 Å². The average Bonchev–Trinajstić information content (AvgIpc) is 2.83. The number of Topliss-reactive ketones (excluding diaryl/α,β-unsaturated/α-hetero) is 2. The summed E-state index contributed by atoms with van der Waals surface area (Å²) in [5.74, 6) is -6.29. The third-order valence-electron chi connectivity index (χ3n) is 7.52. The highest BCUT2D eigenvalue weighted by Gasteiger charge is 2.51. The van der Waals surface area contributed by atoms with Crippen LogP contribution >= 0.6 is 0 Å². The second-order valence-corrected chi connectivity index (χ2v) is 10.3. The van der Waals surface area contributed by atoms with Gasteiger partial charge in [-0.3, -0.25) is 14.4 Å². The summed E-state index contributed by atoms with van der Waals surface area (Å²) in [7, 11) is 0. The molecule has 196 valence electrons. The first-order valence-electron chi connectivity index (χ1n) is 12.4. The lowest BCUT2D eigenvalue weighted by molar-refractivity contribution is -0.127. The summed E-state index contributed by atoms with van der Waals surface area (Å²) in [6.07, 6.45) is 0.159. The third-order valence-corrected chi connectivity index (χ3v) is 7.52. The van der Waals surface area contributed by atoms with Gasteiger partial charge in [-0.2, -0.15) is 0 Å². The highest BCUT2D eigenvalue weighted by Crippen LogP contribution is 2.51. The Hall–Kier alpha value is -4.40. The average molecular weight is 518 g/mol. The highest BCUT2D eigenvalue weighted by molar-refractivity contribution is 6.21. The number of benzene rings is 2. The molecular weight excluding hydrogens is 490 g/mol. The number of aliphatic hydroxyl groups excluding tert-OH is 2. The van der Waals surface area contributed by atoms with Gasteiger partial charge in [-0.25, -0.2) is 4.79 Å². The molecule has 3 aliphatic carbocycles. The molecule has 2 aromatic carbocycles. The normalized spacial score (nSPS) is 22.7. The first-order valence-corrected chi connectivity index (χ1v) is 12.4. The van der Waals surface area contributed by atoms with Gasteiger partial charge in [0.05, 0.1) is 23.1 Å². The number of ether oxygens (including phenoxy) is 1. The van der Waals surface area contributed by atoms with Crippen LogP contribution in [0.4, 0.5) is 0 Å². The molecule has 9 nitrogen and oxygen atoms in total. The summed E-state index contributed by atoms with van der Waals surface area (Å²) in [6, 6.07) is 9.90. The first kappa shape index (κ1) is 25.3. The number of rotatable bonds is 4. The molecule has 5 rings (SSSR count). The highest BCUT2D eigenvalue weighted by atomic mass is 16.5. The van der Waals surface area contributed by atoms with Gasteiger partial charge in [0.15, 0.2) is 11.6 Å². The zero-order valence-corrected chi connectivity index (χ0v) is 20.9. The molecule has 0 heterocycles. The Morgan fingerprint density at radius 2 is 1.79 bits per heavy atom. The predicted molar refractivity (Wildman–Crippen MR) is 136 cm³/mol. The smallest absolute Gasteiger partial charge is 0.338 e. The molecule has 9 heteroatoms. The number of esters is 1. The van der Waals surface area contributed by atoms with Crippen molar-refractivity contribution in [2.24, 2.45) is 23.5 Å². The Kier molecular flexibility index (Phi) is 6.09. The maximum absolute atomic E-state index is 13.6. The topological polar surface area (TPSA) is 164 Å². The second-order valence-electron chi connectivity index (χ2n) is 10.3. The summed E-state index contributed by atoms with van der Waals surface area (Å²) >= 11 is 0. The molecule has 0 aromatic heterocycles. The van der Waals surface area contributed by atoms with Gasteiger partial charge in [0.25, 0.3) is 5.91 Å². The van der Waals surface area contributed by atoms with E-state index in [1.165, 1.54) is 6.07 Å². The Morgan fingerprint density at radius 3 is 2.47 bits per heavy atom. The summed E-state index contributed by atoms with van der Waals surface area (Å²) in [5.41, 5.74) is 7.11. The zero-order valence-electron chi connectivity index (χ0n) is 20.9. The lowest BCUT2D eigenvalue weighted by Gasteiger charge is -2.41. The number of amides is 1. The summed E-state index contributed by atoms with van der Waals surface area (Å²) in [4.78, 5) is 50.3. The fourth-order valence-corrected chi connectivity index (χ4v) is 6.01. The molecule has 3 aliphatic rings. The SMILES string of the molecule is CC(C)OC(=O)c1cccc(-c2ccc(O)c3c2C[C@H]2CC4CC(=O)C(C(N)=O)=C(O)C4C(=O)C2=C3O)c1. The molecule has 1 fully saturated rings. The molecule has 0 aliphatic heterocycles. The van der Waals surface area contributed by atoms with E-state index in [0.717, 1.165) is 0 Å². The van der Waals surface area contributed by atoms with E-state index in [0.29, 0.717) is 28.7 Å². The molecule has 2 aromatic rings. The zero-order chi connectivity index (χ0) is 27.5. The number of phenolic OH excluding ortho intramolecular Hbond substituents is 1. The number of allylic oxidation sites excluding steroid dienone is 2. The molecule has 3 atom stereocenters. The largest absolute Gasteiger partial charge is 0.511 e. The summed E-state index contributed by atoms with van der Waals surface area (Å²) in [5, 5.41) is 32.7. The Morgan fingerprint density at radius 1 is 1.05 bits per heavy atom. The molecule has 5 N–H and O–H groups in total. The van der Waals surface area contributed by atoms with Crippen LogP contribution in [0.2, 0.25) is 0 Å². The van der Waals surface area contributed by atoms with Gasteiger partial charge in [0.1, 0.15) is 22.8 Å². The van der Waals surface area contributed by atoms with Gasteiger partial charge in [0, 0.05) is 12.0 Å². The van der Waals surface area contributed by atoms with E-state index in [-0.39, 0.29) is 35.8 Å². The Balaban J connectivity index is 1.61. The van der Waals surface area contributed by atoms with Crippen molar-refractivity contribution in [3.8, 4) is 16.9 Å². The molecule has 1 saturated carbocycles. The minimum atomic E-state index is -1.17. The van der Waals surface area contributed by atoms with Crippen molar-refractivity contribution in [1.82, 2.24) is 0 Å². The van der Waals surface area contributed by atoms with Gasteiger partial charge in [-0.1, -0.05) is 18.2 Å². The van der Waals surface area contributed by atoms with Crippen LogP contribution in [0.5, 0.6) is 5.75 Å². The fourth-order valence-electron chi connectivity index (χ4n) is 6.01. The van der Waals surface area contributed by atoms with Gasteiger partial charge in [0.2, 0.25) is 0 Å². The van der Waals surface area contributed by atoms with Crippen molar-refractivity contribution >= 4 is 29.2 Å². The van der Waals surface area contributed by atoms with E-state index >= 15 is 0 Å². The lowest BCUT2D eigenvalue weighted by atomic mass is 9.61. The van der Waals surface area contributed by atoms with Crippen LogP contribution in [0.25, 0.3) is 16.9 Å². The number of carbonyl (C=O) groups is 4. The number of ketones is 2. The number of hydrogen-bond acceptors (Lipinski definition) is 8. The van der Waals surface area contributed by atoms with Crippen LogP contribution in [0.15, 0.2) is 53.3 Å². The minimum absolute atomic E-state index is 0.0465. The number of aliphatic hydroxyl groups is 2. The molecular formula is C29H27NO8. The van der Waals surface area contributed by atoms with Crippen molar-refractivity contribution < 1.29 is 39.2 Å². The summed E-state index contributed by atoms with van der Waals surface area (Å²) in [6.45, 7) is 3.51. The van der Waals surface area contributed by atoms with Crippen molar-refractivity contribution in [1.29, 1.82) is 0 Å². The molecule has 0 saturated heterocycles. The molecule has 2 unspecified atom stereocenters. The number of carbonyl (C=O) groups excluding carboxylic acids is 4. The van der Waals surface area contributed by atoms with Crippen LogP contribution in [-0.2, 0) is 25.5 Å². The monoisotopic (exact) mass is 517 g/mol. The molecule has 0 spiro atoms. The number of primary amides is 1. The Labute approximate surface area is 218 Å². The second kappa shape index (κ2) is 9.16. The molecule has 1 amide bonds. The van der Waals surface area contributed by atoms with Crippen molar-refractivity contribution in [3.63, 3.8) is 0 Å². The van der Waals surface area contributed by atoms with Crippen molar-refractivity contribution in [3.05, 3.63) is 70.0 Å². The lowest BCUT2D eigenvalue weighted by Crippen LogP contribution is -2.44. The standard InChI is InChI=1S/C29H27NO8/c1-12(2)38-29(37)14-5-3-4-13(8-14)17-6-7-19(31)23-18(17)10-15-9-16-11-20(32)24(28(30)36)27(35)22(16)25(33)21(15)26(23)34/h3-8,12,15-16,22,31,34-35H,9-11H2,1-2H3,(H2,30,36)/t15-,16?,22?/m1/s1. The number of nitrogens with two attached hydrogens (primary N) is 1. The van der Waals surface area contributed by atoms with Gasteiger partial charge in [-0.15, -0.1) is 0 Å². The van der Waals surface area contributed by atoms with Crippen LogP contribution in [0.1, 0.15) is 48.2 Å². The summed E-state index contributed by atoms with van der Waals surface area (Å²) < 4.78 is 5.30. The van der Waals surface area contributed by atoms with Crippen molar-refractivity contribution in [2.45, 2.75) is 39.2 Å². The maximum Gasteiger partial charge on any atom is 0.338 e. The Bertz CT molecular complexity index is 1480. The predicted octanol–water partition coefficient (Wildman–Crippen LogP) is 3.54. The third kappa shape index (κ3) is 3.95. The number of fused-ring (bicyclic) bond motifs is 3. The van der Waals surface area contributed by atoms with E-state index in [1.54, 1.807) is 44.2 Å². The van der Waals surface area contributed by atoms with Crippen LogP contribution < -0.4 is 5.73 Å². The van der Waals surface area contributed by atoms with Crippen LogP contribution in [0.3, 0.4) is 0 Å². The van der Waals surface area contributed by atoms with E-state index in [1.807, 2.05) is 0 Å². The van der Waals surface area contributed by atoms with Crippen LogP contribution in [0, 0.1) is 17.8 Å². The first-order chi connectivity index (χ1) is 18.0. The van der Waals surface area contributed by atoms with Gasteiger partial charge in [-0.05, 0) is 73.4 Å². The number of phenols is 1. The van der Waals surface area contributed by atoms with Gasteiger partial charge >= 0.3 is 5.97 Å². The van der Waals surface area contributed by atoms with E-state index < -0.39 is 58.3 Å². The molecule has 38 heavy (non-hydrogen) atoms. The minimum Gasteiger partial charge on any atom is -0.511 e. The fraction of sp³-hybridized carbons (Fsp3) is 0.310. The number of aromatic hydroxyl groups is 1. The maximum atomic E-state index is 13.6. The van der Waals surface area contributed by atoms with E-state index in [2.05, 4.69) is 0 Å². The quantitative estimate of drug-likeness (QED) is 0.353.